The number of carbonyl (C=O) groups excluding carboxylic acids is 1. The first-order valence-electron chi connectivity index (χ1n) is 5.47. The minimum Gasteiger partial charge on any atom is -0.493 e. The lowest BCUT2D eigenvalue weighted by Crippen LogP contribution is -2.22. The monoisotopic (exact) mass is 233 g/mol. The first-order chi connectivity index (χ1) is 8.22. The number of hydroxylamine groups is 2. The number of likely N-dealkylation sites (N-methyl/N-ethyl adjacent to an activating group) is 1. The van der Waals surface area contributed by atoms with Gasteiger partial charge in [-0.25, -0.2) is 5.06 Å². The van der Waals surface area contributed by atoms with E-state index in [1.54, 1.807) is 13.1 Å². The van der Waals surface area contributed by atoms with Crippen molar-refractivity contribution in [2.45, 2.75) is 6.42 Å². The van der Waals surface area contributed by atoms with Gasteiger partial charge in [0.05, 0.1) is 13.7 Å². The van der Waals surface area contributed by atoms with E-state index in [1.807, 2.05) is 18.2 Å². The number of hydrogen-bond donors (Lipinski definition) is 0. The molecule has 0 saturated carbocycles. The predicted molar refractivity (Wildman–Crippen MR) is 64.5 cm³/mol. The van der Waals surface area contributed by atoms with E-state index in [0.717, 1.165) is 23.3 Å². The van der Waals surface area contributed by atoms with Crippen LogP contribution in [-0.4, -0.2) is 31.7 Å². The van der Waals surface area contributed by atoms with Crippen molar-refractivity contribution in [2.75, 3.05) is 20.8 Å². The quantitative estimate of drug-likeness (QED) is 0.588. The minimum atomic E-state index is -0.191. The highest BCUT2D eigenvalue weighted by molar-refractivity contribution is 5.91. The van der Waals surface area contributed by atoms with Gasteiger partial charge in [-0.15, -0.1) is 0 Å². The summed E-state index contributed by atoms with van der Waals surface area (Å²) in [5.74, 6) is 0.726. The van der Waals surface area contributed by atoms with Crippen LogP contribution in [0.4, 0.5) is 0 Å². The fraction of sp³-hybridized carbons (Fsp3) is 0.308. The molecule has 4 heteroatoms. The molecule has 0 spiro atoms. The van der Waals surface area contributed by atoms with Crippen molar-refractivity contribution in [1.29, 1.82) is 0 Å². The summed E-state index contributed by atoms with van der Waals surface area (Å²) in [6.45, 7) is 0.714. The zero-order chi connectivity index (χ0) is 12.3. The van der Waals surface area contributed by atoms with Gasteiger partial charge in [-0.2, -0.15) is 0 Å². The third-order valence-electron chi connectivity index (χ3n) is 2.77. The van der Waals surface area contributed by atoms with Gasteiger partial charge in [0.2, 0.25) is 0 Å². The van der Waals surface area contributed by atoms with E-state index in [4.69, 9.17) is 9.57 Å². The van der Waals surface area contributed by atoms with Gasteiger partial charge in [-0.05, 0) is 17.7 Å². The lowest BCUT2D eigenvalue weighted by Gasteiger charge is -2.10. The van der Waals surface area contributed by atoms with Crippen LogP contribution in [0.5, 0.6) is 5.75 Å². The van der Waals surface area contributed by atoms with Crippen molar-refractivity contribution >= 4 is 12.0 Å². The third-order valence-corrected chi connectivity index (χ3v) is 2.77. The average Bonchev–Trinajstić information content (AvgIpc) is 2.83. The number of ether oxygens (including phenoxy) is 1. The van der Waals surface area contributed by atoms with Gasteiger partial charge < -0.3 is 4.74 Å². The molecule has 0 unspecified atom stereocenters. The molecule has 1 aliphatic heterocycles. The normalized spacial score (nSPS) is 13.5. The molecule has 0 bridgehead atoms. The van der Waals surface area contributed by atoms with Crippen molar-refractivity contribution < 1.29 is 14.4 Å². The van der Waals surface area contributed by atoms with Crippen LogP contribution in [-0.2, 0) is 16.1 Å². The van der Waals surface area contributed by atoms with Crippen LogP contribution < -0.4 is 4.74 Å². The Hall–Kier alpha value is -1.81. The second kappa shape index (κ2) is 5.01. The molecule has 0 fully saturated rings. The zero-order valence-corrected chi connectivity index (χ0v) is 9.97. The summed E-state index contributed by atoms with van der Waals surface area (Å²) in [7, 11) is 3.03. The first-order valence-corrected chi connectivity index (χ1v) is 5.47. The molecular formula is C13H15NO3. The molecular weight excluding hydrogens is 218 g/mol. The summed E-state index contributed by atoms with van der Waals surface area (Å²) in [6, 6.07) is 5.85. The molecule has 0 aliphatic carbocycles. The summed E-state index contributed by atoms with van der Waals surface area (Å²) in [4.78, 5) is 16.3. The van der Waals surface area contributed by atoms with Crippen molar-refractivity contribution in [3.05, 3.63) is 35.4 Å². The summed E-state index contributed by atoms with van der Waals surface area (Å²) < 4.78 is 5.46. The van der Waals surface area contributed by atoms with Crippen LogP contribution in [0.2, 0.25) is 0 Å². The molecule has 1 aromatic rings. The topological polar surface area (TPSA) is 38.8 Å². The fourth-order valence-corrected chi connectivity index (χ4v) is 1.76. The maximum Gasteiger partial charge on any atom is 0.269 e. The number of amides is 1. The molecule has 4 nitrogen and oxygen atoms in total. The second-order valence-electron chi connectivity index (χ2n) is 3.77. The third kappa shape index (κ3) is 2.47. The van der Waals surface area contributed by atoms with Crippen LogP contribution in [0.15, 0.2) is 24.3 Å². The number of benzene rings is 1. The molecule has 0 radical (unpaired) electrons. The van der Waals surface area contributed by atoms with E-state index < -0.39 is 0 Å². The van der Waals surface area contributed by atoms with Gasteiger partial charge >= 0.3 is 0 Å². The lowest BCUT2D eigenvalue weighted by atomic mass is 10.0. The Bertz CT molecular complexity index is 454. The Balaban J connectivity index is 2.17. The number of hydrogen-bond acceptors (Lipinski definition) is 3. The van der Waals surface area contributed by atoms with Crippen molar-refractivity contribution in [3.63, 3.8) is 0 Å². The SMILES string of the molecule is CON(C)C(=O)C=Cc1cccc2c1CCO2. The van der Waals surface area contributed by atoms with Crippen molar-refractivity contribution in [2.24, 2.45) is 0 Å². The highest BCUT2D eigenvalue weighted by Crippen LogP contribution is 2.28. The maximum atomic E-state index is 11.5. The Morgan fingerprint density at radius 3 is 3.12 bits per heavy atom. The zero-order valence-electron chi connectivity index (χ0n) is 9.97. The summed E-state index contributed by atoms with van der Waals surface area (Å²) >= 11 is 0. The molecule has 1 heterocycles. The van der Waals surface area contributed by atoms with Gasteiger partial charge in [0, 0.05) is 25.1 Å². The van der Waals surface area contributed by atoms with E-state index in [1.165, 1.54) is 18.2 Å². The van der Waals surface area contributed by atoms with Gasteiger partial charge in [0.25, 0.3) is 5.91 Å². The van der Waals surface area contributed by atoms with Crippen LogP contribution in [0.3, 0.4) is 0 Å². The smallest absolute Gasteiger partial charge is 0.269 e. The van der Waals surface area contributed by atoms with Crippen LogP contribution in [0.25, 0.3) is 6.08 Å². The number of nitrogens with zero attached hydrogens (tertiary/aromatic N) is 1. The summed E-state index contributed by atoms with van der Waals surface area (Å²) in [5.41, 5.74) is 2.19. The molecule has 0 atom stereocenters. The van der Waals surface area contributed by atoms with Crippen LogP contribution in [0.1, 0.15) is 11.1 Å². The van der Waals surface area contributed by atoms with Gasteiger partial charge in [0.15, 0.2) is 0 Å². The Labute approximate surface area is 100 Å². The maximum absolute atomic E-state index is 11.5. The molecule has 2 rings (SSSR count). The van der Waals surface area contributed by atoms with Crippen LogP contribution >= 0.6 is 0 Å². The minimum absolute atomic E-state index is 0.191. The molecule has 1 amide bonds. The second-order valence-corrected chi connectivity index (χ2v) is 3.77. The molecule has 1 aromatic carbocycles. The Morgan fingerprint density at radius 2 is 2.35 bits per heavy atom. The largest absolute Gasteiger partial charge is 0.493 e. The predicted octanol–water partition coefficient (Wildman–Crippen LogP) is 1.65. The van der Waals surface area contributed by atoms with Crippen LogP contribution in [0, 0.1) is 0 Å². The molecule has 17 heavy (non-hydrogen) atoms. The number of fused-ring (bicyclic) bond motifs is 1. The van der Waals surface area contributed by atoms with Gasteiger partial charge in [-0.1, -0.05) is 12.1 Å². The van der Waals surface area contributed by atoms with Crippen molar-refractivity contribution in [1.82, 2.24) is 5.06 Å². The lowest BCUT2D eigenvalue weighted by molar-refractivity contribution is -0.162. The fourth-order valence-electron chi connectivity index (χ4n) is 1.76. The highest BCUT2D eigenvalue weighted by atomic mass is 16.7. The van der Waals surface area contributed by atoms with E-state index >= 15 is 0 Å². The van der Waals surface area contributed by atoms with Crippen molar-refractivity contribution in [3.8, 4) is 5.75 Å². The van der Waals surface area contributed by atoms with Gasteiger partial charge in [0.1, 0.15) is 5.75 Å². The molecule has 90 valence electrons. The highest BCUT2D eigenvalue weighted by Gasteiger charge is 2.14. The first kappa shape index (κ1) is 11.7. The molecule has 0 N–H and O–H groups in total. The molecule has 0 aromatic heterocycles. The molecule has 1 aliphatic rings. The van der Waals surface area contributed by atoms with E-state index in [2.05, 4.69) is 0 Å². The van der Waals surface area contributed by atoms with E-state index in [9.17, 15) is 4.79 Å². The number of rotatable bonds is 3. The van der Waals surface area contributed by atoms with E-state index in [0.29, 0.717) is 6.61 Å². The average molecular weight is 233 g/mol. The Kier molecular flexibility index (Phi) is 3.44. The molecule has 0 saturated heterocycles. The number of carbonyl (C=O) groups is 1. The summed E-state index contributed by atoms with van der Waals surface area (Å²) in [6.07, 6.45) is 4.19. The standard InChI is InChI=1S/C13H15NO3/c1-14(16-2)13(15)7-6-10-4-3-5-12-11(10)8-9-17-12/h3-7H,8-9H2,1-2H3. The Morgan fingerprint density at radius 1 is 1.53 bits per heavy atom. The van der Waals surface area contributed by atoms with E-state index in [-0.39, 0.29) is 5.91 Å². The summed E-state index contributed by atoms with van der Waals surface area (Å²) in [5, 5.41) is 1.18. The van der Waals surface area contributed by atoms with Gasteiger partial charge in [-0.3, -0.25) is 9.63 Å².